The number of morpholine rings is 1. The third-order valence-electron chi connectivity index (χ3n) is 3.84. The number of hydrogen-bond acceptors (Lipinski definition) is 5. The number of nitrogens with zero attached hydrogens (tertiary/aromatic N) is 3. The van der Waals surface area contributed by atoms with Crippen molar-refractivity contribution in [2.24, 2.45) is 0 Å². The summed E-state index contributed by atoms with van der Waals surface area (Å²) < 4.78 is 11.1. The Morgan fingerprint density at radius 1 is 1.43 bits per heavy atom. The van der Waals surface area contributed by atoms with Crippen LogP contribution in [0, 0.1) is 6.92 Å². The first-order valence-corrected chi connectivity index (χ1v) is 7.56. The molecule has 0 aliphatic carbocycles. The topological polar surface area (TPSA) is 80.3 Å². The number of hydrogen-bond donors (Lipinski definition) is 1. The van der Waals surface area contributed by atoms with Crippen molar-refractivity contribution in [3.05, 3.63) is 47.5 Å². The molecule has 2 aromatic rings. The molecule has 23 heavy (non-hydrogen) atoms. The molecule has 0 saturated carbocycles. The van der Waals surface area contributed by atoms with Crippen LogP contribution in [0.15, 0.2) is 30.3 Å². The van der Waals surface area contributed by atoms with Crippen LogP contribution in [-0.2, 0) is 14.3 Å². The lowest BCUT2D eigenvalue weighted by molar-refractivity contribution is -0.150. The number of rotatable bonds is 4. The molecule has 1 aromatic carbocycles. The fourth-order valence-corrected chi connectivity index (χ4v) is 2.68. The number of ether oxygens (including phenoxy) is 2. The van der Waals surface area contributed by atoms with Crippen LogP contribution < -0.4 is 0 Å². The highest BCUT2D eigenvalue weighted by atomic mass is 16.5. The average molecular weight is 316 g/mol. The van der Waals surface area contributed by atoms with E-state index in [2.05, 4.69) is 15.2 Å². The molecule has 2 heterocycles. The Morgan fingerprint density at radius 2 is 2.22 bits per heavy atom. The van der Waals surface area contributed by atoms with Crippen molar-refractivity contribution < 1.29 is 14.3 Å². The Bertz CT molecular complexity index is 658. The van der Waals surface area contributed by atoms with Gasteiger partial charge in [0.15, 0.2) is 11.9 Å². The molecule has 1 amide bonds. The Hall–Kier alpha value is -2.25. The molecule has 122 valence electrons. The smallest absolute Gasteiger partial charge is 0.256 e. The Balaban J connectivity index is 1.73. The van der Waals surface area contributed by atoms with Crippen LogP contribution in [-0.4, -0.2) is 52.8 Å². The van der Waals surface area contributed by atoms with Gasteiger partial charge in [0.25, 0.3) is 5.91 Å². The summed E-state index contributed by atoms with van der Waals surface area (Å²) in [6.45, 7) is 3.24. The van der Waals surface area contributed by atoms with E-state index in [0.29, 0.717) is 25.5 Å². The zero-order valence-corrected chi connectivity index (χ0v) is 13.2. The van der Waals surface area contributed by atoms with Gasteiger partial charge in [0.2, 0.25) is 0 Å². The number of aromatic amines is 1. The van der Waals surface area contributed by atoms with Crippen LogP contribution in [0.5, 0.6) is 0 Å². The van der Waals surface area contributed by atoms with Crippen LogP contribution in [0.25, 0.3) is 0 Å². The average Bonchev–Trinajstić information content (AvgIpc) is 3.03. The lowest BCUT2D eigenvalue weighted by atomic mass is 10.1. The minimum Gasteiger partial charge on any atom is -0.367 e. The highest BCUT2D eigenvalue weighted by Gasteiger charge is 2.32. The molecule has 7 heteroatoms. The van der Waals surface area contributed by atoms with Gasteiger partial charge in [-0.3, -0.25) is 9.89 Å². The van der Waals surface area contributed by atoms with E-state index in [1.54, 1.807) is 12.0 Å². The number of carbonyl (C=O) groups excluding carboxylic acids is 1. The lowest BCUT2D eigenvalue weighted by Crippen LogP contribution is -2.45. The van der Waals surface area contributed by atoms with Gasteiger partial charge in [0.05, 0.1) is 13.2 Å². The number of carbonyl (C=O) groups is 1. The molecule has 1 aliphatic rings. The summed E-state index contributed by atoms with van der Waals surface area (Å²) in [6, 6.07) is 9.49. The molecular formula is C16H20N4O3. The number of aryl methyl sites for hydroxylation is 1. The van der Waals surface area contributed by atoms with Gasteiger partial charge in [0.1, 0.15) is 11.9 Å². The largest absolute Gasteiger partial charge is 0.367 e. The monoisotopic (exact) mass is 316 g/mol. The zero-order chi connectivity index (χ0) is 16.2. The first kappa shape index (κ1) is 15.6. The summed E-state index contributed by atoms with van der Waals surface area (Å²) in [7, 11) is 1.55. The van der Waals surface area contributed by atoms with Crippen LogP contribution in [0.1, 0.15) is 29.4 Å². The number of aromatic nitrogens is 3. The van der Waals surface area contributed by atoms with Crippen molar-refractivity contribution in [3.8, 4) is 0 Å². The fraction of sp³-hybridized carbons (Fsp3) is 0.438. The third-order valence-corrected chi connectivity index (χ3v) is 3.84. The third kappa shape index (κ3) is 3.40. The van der Waals surface area contributed by atoms with Gasteiger partial charge in [-0.2, -0.15) is 5.10 Å². The molecule has 3 rings (SSSR count). The van der Waals surface area contributed by atoms with Crippen LogP contribution in [0.2, 0.25) is 0 Å². The molecular weight excluding hydrogens is 296 g/mol. The molecule has 0 radical (unpaired) electrons. The molecule has 1 aliphatic heterocycles. The summed E-state index contributed by atoms with van der Waals surface area (Å²) in [5.41, 5.74) is 0.844. The molecule has 1 N–H and O–H groups in total. The highest BCUT2D eigenvalue weighted by Crippen LogP contribution is 2.24. The van der Waals surface area contributed by atoms with E-state index in [9.17, 15) is 4.79 Å². The number of benzene rings is 1. The van der Waals surface area contributed by atoms with Gasteiger partial charge in [-0.05, 0) is 12.5 Å². The molecule has 1 fully saturated rings. The van der Waals surface area contributed by atoms with Gasteiger partial charge in [-0.15, -0.1) is 0 Å². The zero-order valence-electron chi connectivity index (χ0n) is 13.2. The number of H-pyrrole nitrogens is 1. The Labute approximate surface area is 134 Å². The van der Waals surface area contributed by atoms with Crippen molar-refractivity contribution in [1.29, 1.82) is 0 Å². The molecule has 2 atom stereocenters. The highest BCUT2D eigenvalue weighted by molar-refractivity contribution is 5.82. The quantitative estimate of drug-likeness (QED) is 0.922. The first-order chi connectivity index (χ1) is 11.2. The number of methoxy groups -OCH3 is 1. The molecule has 0 bridgehead atoms. The van der Waals surface area contributed by atoms with E-state index in [-0.39, 0.29) is 12.0 Å². The van der Waals surface area contributed by atoms with Crippen LogP contribution >= 0.6 is 0 Å². The summed E-state index contributed by atoms with van der Waals surface area (Å²) >= 11 is 0. The summed E-state index contributed by atoms with van der Waals surface area (Å²) in [5, 5.41) is 6.93. The predicted molar refractivity (Wildman–Crippen MR) is 82.6 cm³/mol. The number of amides is 1. The molecule has 0 spiro atoms. The second-order valence-electron chi connectivity index (χ2n) is 5.45. The second-order valence-corrected chi connectivity index (χ2v) is 5.45. The molecule has 1 aromatic heterocycles. The van der Waals surface area contributed by atoms with Crippen molar-refractivity contribution in [2.75, 3.05) is 26.8 Å². The van der Waals surface area contributed by atoms with Crippen molar-refractivity contribution in [2.45, 2.75) is 19.1 Å². The van der Waals surface area contributed by atoms with E-state index in [1.807, 2.05) is 37.3 Å². The Kier molecular flexibility index (Phi) is 4.68. The van der Waals surface area contributed by atoms with Crippen molar-refractivity contribution >= 4 is 5.91 Å². The SMILES string of the molecule is CO[C@H](C(=O)N1CCO[C@@H](c2n[nH]c(C)n2)C1)c1ccccc1. The normalized spacial score (nSPS) is 19.6. The second kappa shape index (κ2) is 6.89. The summed E-state index contributed by atoms with van der Waals surface area (Å²) in [6.07, 6.45) is -0.922. The maximum absolute atomic E-state index is 12.8. The van der Waals surface area contributed by atoms with Gasteiger partial charge in [0, 0.05) is 13.7 Å². The maximum Gasteiger partial charge on any atom is 0.256 e. The van der Waals surface area contributed by atoms with Crippen LogP contribution in [0.4, 0.5) is 0 Å². The van der Waals surface area contributed by atoms with E-state index < -0.39 is 6.10 Å². The first-order valence-electron chi connectivity index (χ1n) is 7.56. The maximum atomic E-state index is 12.8. The molecule has 7 nitrogen and oxygen atoms in total. The standard InChI is InChI=1S/C16H20N4O3/c1-11-17-15(19-18-11)13-10-20(8-9-23-13)16(21)14(22-2)12-6-4-3-5-7-12/h3-7,13-14H,8-10H2,1-2H3,(H,17,18,19)/t13-,14+/m1/s1. The molecule has 0 unspecified atom stereocenters. The van der Waals surface area contributed by atoms with E-state index in [0.717, 1.165) is 11.4 Å². The molecule has 1 saturated heterocycles. The number of nitrogens with one attached hydrogen (secondary N) is 1. The minimum atomic E-state index is -0.608. The minimum absolute atomic E-state index is 0.0701. The van der Waals surface area contributed by atoms with Gasteiger partial charge in [-0.25, -0.2) is 4.98 Å². The van der Waals surface area contributed by atoms with Crippen LogP contribution in [0.3, 0.4) is 0 Å². The van der Waals surface area contributed by atoms with E-state index in [4.69, 9.17) is 9.47 Å². The van der Waals surface area contributed by atoms with Crippen molar-refractivity contribution in [3.63, 3.8) is 0 Å². The van der Waals surface area contributed by atoms with Gasteiger partial charge < -0.3 is 14.4 Å². The lowest BCUT2D eigenvalue weighted by Gasteiger charge is -2.33. The fourth-order valence-electron chi connectivity index (χ4n) is 2.68. The summed E-state index contributed by atoms with van der Waals surface area (Å²) in [4.78, 5) is 18.9. The van der Waals surface area contributed by atoms with Crippen molar-refractivity contribution in [1.82, 2.24) is 20.1 Å². The Morgan fingerprint density at radius 3 is 2.87 bits per heavy atom. The summed E-state index contributed by atoms with van der Waals surface area (Å²) in [5.74, 6) is 1.24. The van der Waals surface area contributed by atoms with Gasteiger partial charge in [-0.1, -0.05) is 30.3 Å². The van der Waals surface area contributed by atoms with E-state index >= 15 is 0 Å². The van der Waals surface area contributed by atoms with Gasteiger partial charge >= 0.3 is 0 Å². The predicted octanol–water partition coefficient (Wildman–Crippen LogP) is 1.40. The van der Waals surface area contributed by atoms with E-state index in [1.165, 1.54) is 0 Å².